The van der Waals surface area contributed by atoms with Crippen LogP contribution >= 0.6 is 15.9 Å². The number of imidazole rings is 1. The summed E-state index contributed by atoms with van der Waals surface area (Å²) < 4.78 is 3.04. The van der Waals surface area contributed by atoms with Crippen LogP contribution in [0.1, 0.15) is 24.4 Å². The highest BCUT2D eigenvalue weighted by Gasteiger charge is 2.10. The summed E-state index contributed by atoms with van der Waals surface area (Å²) in [4.78, 5) is 4.10. The number of aliphatic hydroxyl groups excluding tert-OH is 1. The van der Waals surface area contributed by atoms with Crippen LogP contribution in [0.25, 0.3) is 0 Å². The molecule has 16 heavy (non-hydrogen) atoms. The first-order chi connectivity index (χ1) is 7.72. The minimum absolute atomic E-state index is 0.0339. The van der Waals surface area contributed by atoms with Crippen LogP contribution < -0.4 is 0 Å². The average Bonchev–Trinajstić information content (AvgIpc) is 2.77. The molecule has 3 nitrogen and oxygen atoms in total. The Bertz CT molecular complexity index is 464. The van der Waals surface area contributed by atoms with E-state index >= 15 is 0 Å². The number of rotatable bonds is 3. The van der Waals surface area contributed by atoms with Gasteiger partial charge in [0, 0.05) is 16.9 Å². The zero-order valence-electron chi connectivity index (χ0n) is 8.97. The molecular formula is C12H13BrN2O. The average molecular weight is 281 g/mol. The molecule has 1 aromatic heterocycles. The normalized spacial score (nSPS) is 12.7. The number of aromatic nitrogens is 2. The van der Waals surface area contributed by atoms with E-state index in [9.17, 15) is 0 Å². The van der Waals surface area contributed by atoms with Gasteiger partial charge in [-0.05, 0) is 24.6 Å². The maximum atomic E-state index is 9.16. The standard InChI is InChI=1S/C12H13BrN2O/c1-9(10-2-4-11(13)5-3-10)15-7-6-14-12(15)8-16/h2-7,9,16H,8H2,1H3. The monoisotopic (exact) mass is 280 g/mol. The van der Waals surface area contributed by atoms with Crippen molar-refractivity contribution < 1.29 is 5.11 Å². The van der Waals surface area contributed by atoms with Gasteiger partial charge in [-0.25, -0.2) is 4.98 Å². The molecule has 1 N–H and O–H groups in total. The van der Waals surface area contributed by atoms with Gasteiger partial charge in [0.2, 0.25) is 0 Å². The van der Waals surface area contributed by atoms with Gasteiger partial charge in [0.15, 0.2) is 0 Å². The van der Waals surface area contributed by atoms with Gasteiger partial charge >= 0.3 is 0 Å². The molecule has 0 fully saturated rings. The molecule has 1 unspecified atom stereocenters. The van der Waals surface area contributed by atoms with E-state index in [2.05, 4.69) is 40.0 Å². The van der Waals surface area contributed by atoms with Gasteiger partial charge in [-0.1, -0.05) is 28.1 Å². The summed E-state index contributed by atoms with van der Waals surface area (Å²) in [6.45, 7) is 2.05. The van der Waals surface area contributed by atoms with Crippen molar-refractivity contribution >= 4 is 15.9 Å². The van der Waals surface area contributed by atoms with Crippen molar-refractivity contribution in [2.75, 3.05) is 0 Å². The third-order valence-electron chi connectivity index (χ3n) is 2.66. The summed E-state index contributed by atoms with van der Waals surface area (Å²) in [5.74, 6) is 0.690. The van der Waals surface area contributed by atoms with Crippen molar-refractivity contribution in [1.82, 2.24) is 9.55 Å². The molecule has 0 aliphatic carbocycles. The van der Waals surface area contributed by atoms with Gasteiger partial charge in [0.05, 0.1) is 6.04 Å². The van der Waals surface area contributed by atoms with Crippen LogP contribution in [0.15, 0.2) is 41.1 Å². The summed E-state index contributed by atoms with van der Waals surface area (Å²) in [5, 5.41) is 9.16. The fraction of sp³-hybridized carbons (Fsp3) is 0.250. The Kier molecular flexibility index (Phi) is 3.41. The summed E-state index contributed by atoms with van der Waals surface area (Å²) >= 11 is 3.41. The molecule has 84 valence electrons. The van der Waals surface area contributed by atoms with Crippen molar-refractivity contribution in [2.45, 2.75) is 19.6 Å². The van der Waals surface area contributed by atoms with Crippen LogP contribution in [0.4, 0.5) is 0 Å². The largest absolute Gasteiger partial charge is 0.388 e. The first-order valence-electron chi connectivity index (χ1n) is 5.10. The van der Waals surface area contributed by atoms with Crippen molar-refractivity contribution in [2.24, 2.45) is 0 Å². The molecule has 1 heterocycles. The molecule has 0 saturated heterocycles. The second-order valence-electron chi connectivity index (χ2n) is 3.64. The molecule has 0 saturated carbocycles. The Hall–Kier alpha value is -1.13. The van der Waals surface area contributed by atoms with Gasteiger partial charge in [0.25, 0.3) is 0 Å². The number of nitrogens with zero attached hydrogens (tertiary/aromatic N) is 2. The van der Waals surface area contributed by atoms with Crippen molar-refractivity contribution in [3.8, 4) is 0 Å². The van der Waals surface area contributed by atoms with Gasteiger partial charge in [-0.3, -0.25) is 0 Å². The number of benzene rings is 1. The van der Waals surface area contributed by atoms with E-state index in [0.717, 1.165) is 4.47 Å². The maximum Gasteiger partial charge on any atom is 0.135 e. The van der Waals surface area contributed by atoms with Crippen molar-refractivity contribution in [3.63, 3.8) is 0 Å². The third-order valence-corrected chi connectivity index (χ3v) is 3.19. The molecular weight excluding hydrogens is 268 g/mol. The predicted molar refractivity (Wildman–Crippen MR) is 66.1 cm³/mol. The second kappa shape index (κ2) is 4.80. The molecule has 0 aliphatic heterocycles. The fourth-order valence-corrected chi connectivity index (χ4v) is 1.99. The van der Waals surface area contributed by atoms with Crippen molar-refractivity contribution in [3.05, 3.63) is 52.5 Å². The van der Waals surface area contributed by atoms with Gasteiger partial charge in [-0.2, -0.15) is 0 Å². The van der Waals surface area contributed by atoms with Crippen molar-refractivity contribution in [1.29, 1.82) is 0 Å². The van der Waals surface area contributed by atoms with Crippen LogP contribution in [0.5, 0.6) is 0 Å². The smallest absolute Gasteiger partial charge is 0.135 e. The molecule has 1 aromatic carbocycles. The maximum absolute atomic E-state index is 9.16. The van der Waals surface area contributed by atoms with E-state index in [1.165, 1.54) is 5.56 Å². The zero-order valence-corrected chi connectivity index (χ0v) is 10.6. The Morgan fingerprint density at radius 1 is 1.38 bits per heavy atom. The van der Waals surface area contributed by atoms with E-state index in [1.807, 2.05) is 22.9 Å². The number of hydrogen-bond donors (Lipinski definition) is 1. The molecule has 2 aromatic rings. The SMILES string of the molecule is CC(c1ccc(Br)cc1)n1ccnc1CO. The molecule has 2 rings (SSSR count). The molecule has 0 bridgehead atoms. The summed E-state index contributed by atoms with van der Waals surface area (Å²) in [5.41, 5.74) is 1.19. The molecule has 0 amide bonds. The summed E-state index contributed by atoms with van der Waals surface area (Å²) in [6.07, 6.45) is 3.60. The lowest BCUT2D eigenvalue weighted by Gasteiger charge is -2.16. The first kappa shape index (κ1) is 11.4. The number of hydrogen-bond acceptors (Lipinski definition) is 2. The van der Waals surface area contributed by atoms with Crippen LogP contribution in [0.2, 0.25) is 0 Å². The van der Waals surface area contributed by atoms with E-state index in [4.69, 9.17) is 5.11 Å². The predicted octanol–water partition coefficient (Wildman–Crippen LogP) is 2.75. The van der Waals surface area contributed by atoms with Crippen LogP contribution in [0.3, 0.4) is 0 Å². The summed E-state index contributed by atoms with van der Waals surface area (Å²) in [6, 6.07) is 8.34. The van der Waals surface area contributed by atoms with Crippen LogP contribution in [-0.4, -0.2) is 14.7 Å². The van der Waals surface area contributed by atoms with Gasteiger partial charge in [-0.15, -0.1) is 0 Å². The summed E-state index contributed by atoms with van der Waals surface area (Å²) in [7, 11) is 0. The van der Waals surface area contributed by atoms with Gasteiger partial charge < -0.3 is 9.67 Å². The molecule has 4 heteroatoms. The lowest BCUT2D eigenvalue weighted by molar-refractivity contribution is 0.263. The topological polar surface area (TPSA) is 38.0 Å². The number of halogens is 1. The Morgan fingerprint density at radius 2 is 2.06 bits per heavy atom. The zero-order chi connectivity index (χ0) is 11.5. The Morgan fingerprint density at radius 3 is 2.69 bits per heavy atom. The lowest BCUT2D eigenvalue weighted by atomic mass is 10.1. The van der Waals surface area contributed by atoms with E-state index in [0.29, 0.717) is 5.82 Å². The van der Waals surface area contributed by atoms with Crippen LogP contribution in [-0.2, 0) is 6.61 Å². The van der Waals surface area contributed by atoms with E-state index in [-0.39, 0.29) is 12.6 Å². The van der Waals surface area contributed by atoms with Gasteiger partial charge in [0.1, 0.15) is 12.4 Å². The highest BCUT2D eigenvalue weighted by Crippen LogP contribution is 2.21. The fourth-order valence-electron chi connectivity index (χ4n) is 1.72. The molecule has 0 spiro atoms. The Labute approximate surface area is 103 Å². The molecule has 1 atom stereocenters. The molecule has 0 aliphatic rings. The lowest BCUT2D eigenvalue weighted by Crippen LogP contribution is -2.09. The number of aliphatic hydroxyl groups is 1. The highest BCUT2D eigenvalue weighted by atomic mass is 79.9. The van der Waals surface area contributed by atoms with Crippen LogP contribution in [0, 0.1) is 0 Å². The van der Waals surface area contributed by atoms with E-state index in [1.54, 1.807) is 6.20 Å². The Balaban J connectivity index is 2.31. The second-order valence-corrected chi connectivity index (χ2v) is 4.55. The first-order valence-corrected chi connectivity index (χ1v) is 5.89. The highest BCUT2D eigenvalue weighted by molar-refractivity contribution is 9.10. The minimum Gasteiger partial charge on any atom is -0.388 e. The molecule has 0 radical (unpaired) electrons. The quantitative estimate of drug-likeness (QED) is 0.939. The minimum atomic E-state index is -0.0339. The third kappa shape index (κ3) is 2.18. The van der Waals surface area contributed by atoms with E-state index < -0.39 is 0 Å².